The summed E-state index contributed by atoms with van der Waals surface area (Å²) in [5.41, 5.74) is 6.04. The Morgan fingerprint density at radius 3 is 2.73 bits per heavy atom. The van der Waals surface area contributed by atoms with Crippen LogP contribution in [0.15, 0.2) is 48.9 Å². The van der Waals surface area contributed by atoms with Gasteiger partial charge in [-0.25, -0.2) is 9.97 Å². The molecule has 0 radical (unpaired) electrons. The molecular formula is C22H20N8. The third-order valence-corrected chi connectivity index (χ3v) is 5.78. The fraction of sp³-hybridized carbons (Fsp3) is 0.227. The Kier molecular flexibility index (Phi) is 4.02. The predicted molar refractivity (Wildman–Crippen MR) is 115 cm³/mol. The Balaban J connectivity index is 1.47. The SMILES string of the molecule is c1ccc(-c2nccc3[nH]c(-c4n[nH]c5ncc(C6CCNCC6)cc45)nc23)nc1. The third-order valence-electron chi connectivity index (χ3n) is 5.78. The molecule has 6 rings (SSSR count). The van der Waals surface area contributed by atoms with E-state index in [1.54, 1.807) is 12.4 Å². The number of aromatic nitrogens is 7. The van der Waals surface area contributed by atoms with Crippen LogP contribution in [0.25, 0.3) is 45.0 Å². The van der Waals surface area contributed by atoms with E-state index in [0.717, 1.165) is 65.1 Å². The molecule has 0 aromatic carbocycles. The Morgan fingerprint density at radius 2 is 1.87 bits per heavy atom. The van der Waals surface area contributed by atoms with Gasteiger partial charge in [0.1, 0.15) is 16.9 Å². The van der Waals surface area contributed by atoms with E-state index in [2.05, 4.69) is 41.5 Å². The number of piperidine rings is 1. The van der Waals surface area contributed by atoms with Gasteiger partial charge < -0.3 is 10.3 Å². The number of hydrogen-bond acceptors (Lipinski definition) is 6. The van der Waals surface area contributed by atoms with Crippen LogP contribution in [0.4, 0.5) is 0 Å². The summed E-state index contributed by atoms with van der Waals surface area (Å²) in [6.45, 7) is 2.10. The molecule has 1 aliphatic rings. The van der Waals surface area contributed by atoms with Crippen LogP contribution in [0.3, 0.4) is 0 Å². The first kappa shape index (κ1) is 17.2. The van der Waals surface area contributed by atoms with Crippen molar-refractivity contribution in [3.05, 3.63) is 54.5 Å². The number of pyridine rings is 3. The van der Waals surface area contributed by atoms with Gasteiger partial charge in [-0.15, -0.1) is 0 Å². The molecular weight excluding hydrogens is 376 g/mol. The summed E-state index contributed by atoms with van der Waals surface area (Å²) in [4.78, 5) is 21.8. The highest BCUT2D eigenvalue weighted by molar-refractivity contribution is 5.94. The maximum absolute atomic E-state index is 4.85. The van der Waals surface area contributed by atoms with Gasteiger partial charge in [0.15, 0.2) is 11.5 Å². The van der Waals surface area contributed by atoms with Crippen molar-refractivity contribution in [1.82, 2.24) is 40.4 Å². The number of rotatable bonds is 3. The molecule has 0 atom stereocenters. The molecule has 148 valence electrons. The van der Waals surface area contributed by atoms with Crippen LogP contribution < -0.4 is 5.32 Å². The van der Waals surface area contributed by atoms with Gasteiger partial charge in [0, 0.05) is 18.6 Å². The van der Waals surface area contributed by atoms with Gasteiger partial charge in [0.2, 0.25) is 0 Å². The van der Waals surface area contributed by atoms with Crippen molar-refractivity contribution in [2.75, 3.05) is 13.1 Å². The Bertz CT molecular complexity index is 1330. The lowest BCUT2D eigenvalue weighted by molar-refractivity contribution is 0.460. The quantitative estimate of drug-likeness (QED) is 0.431. The smallest absolute Gasteiger partial charge is 0.159 e. The molecule has 1 fully saturated rings. The standard InChI is InChI=1S/C22H20N8/c1-2-7-24-16(3-1)19-20-17(6-10-25-19)27-22(28-20)18-15-11-14(12-26-21(15)30-29-18)13-4-8-23-9-5-13/h1-3,6-7,10-13,23H,4-5,8-9H2,(H,27,28)(H,26,29,30). The van der Waals surface area contributed by atoms with Crippen LogP contribution in [-0.2, 0) is 0 Å². The molecule has 0 amide bonds. The van der Waals surface area contributed by atoms with Crippen LogP contribution in [0.2, 0.25) is 0 Å². The lowest BCUT2D eigenvalue weighted by atomic mass is 9.91. The van der Waals surface area contributed by atoms with Crippen LogP contribution in [0.1, 0.15) is 24.3 Å². The topological polar surface area (TPSA) is 108 Å². The van der Waals surface area contributed by atoms with Gasteiger partial charge in [-0.1, -0.05) is 6.07 Å². The largest absolute Gasteiger partial charge is 0.336 e. The molecule has 30 heavy (non-hydrogen) atoms. The summed E-state index contributed by atoms with van der Waals surface area (Å²) in [5, 5.41) is 12.0. The van der Waals surface area contributed by atoms with E-state index in [-0.39, 0.29) is 0 Å². The number of fused-ring (bicyclic) bond motifs is 2. The van der Waals surface area contributed by atoms with Crippen molar-refractivity contribution in [2.24, 2.45) is 0 Å². The second-order valence-electron chi connectivity index (χ2n) is 7.62. The van der Waals surface area contributed by atoms with Gasteiger partial charge in [-0.05, 0) is 61.7 Å². The lowest BCUT2D eigenvalue weighted by Gasteiger charge is -2.22. The summed E-state index contributed by atoms with van der Waals surface area (Å²) < 4.78 is 0. The van der Waals surface area contributed by atoms with Crippen LogP contribution in [0, 0.1) is 0 Å². The van der Waals surface area contributed by atoms with Gasteiger partial charge >= 0.3 is 0 Å². The molecule has 5 aromatic rings. The zero-order valence-electron chi connectivity index (χ0n) is 16.3. The summed E-state index contributed by atoms with van der Waals surface area (Å²) in [6, 6.07) is 9.91. The van der Waals surface area contributed by atoms with E-state index in [4.69, 9.17) is 4.98 Å². The zero-order chi connectivity index (χ0) is 19.9. The van der Waals surface area contributed by atoms with Gasteiger partial charge in [0.05, 0.1) is 16.6 Å². The van der Waals surface area contributed by atoms with Crippen molar-refractivity contribution in [1.29, 1.82) is 0 Å². The number of H-pyrrole nitrogens is 2. The fourth-order valence-corrected chi connectivity index (χ4v) is 4.22. The first-order valence-electron chi connectivity index (χ1n) is 10.2. The van der Waals surface area contributed by atoms with E-state index in [1.165, 1.54) is 5.56 Å². The van der Waals surface area contributed by atoms with Crippen molar-refractivity contribution in [3.8, 4) is 22.9 Å². The fourth-order valence-electron chi connectivity index (χ4n) is 4.22. The second-order valence-corrected chi connectivity index (χ2v) is 7.62. The minimum atomic E-state index is 0.529. The Morgan fingerprint density at radius 1 is 0.933 bits per heavy atom. The summed E-state index contributed by atoms with van der Waals surface area (Å²) >= 11 is 0. The van der Waals surface area contributed by atoms with Gasteiger partial charge in [-0.3, -0.25) is 15.1 Å². The zero-order valence-corrected chi connectivity index (χ0v) is 16.3. The van der Waals surface area contributed by atoms with Gasteiger partial charge in [0.25, 0.3) is 0 Å². The van der Waals surface area contributed by atoms with E-state index >= 15 is 0 Å². The highest BCUT2D eigenvalue weighted by Crippen LogP contribution is 2.32. The summed E-state index contributed by atoms with van der Waals surface area (Å²) in [7, 11) is 0. The molecule has 0 spiro atoms. The van der Waals surface area contributed by atoms with Crippen molar-refractivity contribution in [2.45, 2.75) is 18.8 Å². The molecule has 8 heteroatoms. The van der Waals surface area contributed by atoms with E-state index < -0.39 is 0 Å². The number of nitrogens with one attached hydrogen (secondary N) is 3. The molecule has 8 nitrogen and oxygen atoms in total. The summed E-state index contributed by atoms with van der Waals surface area (Å²) in [5.74, 6) is 1.23. The molecule has 1 saturated heterocycles. The molecule has 0 bridgehead atoms. The molecule has 6 heterocycles. The minimum absolute atomic E-state index is 0.529. The second kappa shape index (κ2) is 7.00. The number of nitrogens with zero attached hydrogens (tertiary/aromatic N) is 5. The average Bonchev–Trinajstić information content (AvgIpc) is 3.43. The molecule has 1 aliphatic heterocycles. The maximum Gasteiger partial charge on any atom is 0.159 e. The molecule has 5 aromatic heterocycles. The highest BCUT2D eigenvalue weighted by atomic mass is 15.2. The average molecular weight is 396 g/mol. The predicted octanol–water partition coefficient (Wildman–Crippen LogP) is 3.43. The van der Waals surface area contributed by atoms with Crippen LogP contribution >= 0.6 is 0 Å². The van der Waals surface area contributed by atoms with Gasteiger partial charge in [-0.2, -0.15) is 5.10 Å². The monoisotopic (exact) mass is 396 g/mol. The van der Waals surface area contributed by atoms with E-state index in [1.807, 2.05) is 30.5 Å². The minimum Gasteiger partial charge on any atom is -0.336 e. The maximum atomic E-state index is 4.85. The van der Waals surface area contributed by atoms with Crippen LogP contribution in [-0.4, -0.2) is 48.2 Å². The Labute approximate surface area is 172 Å². The van der Waals surface area contributed by atoms with Crippen molar-refractivity contribution in [3.63, 3.8) is 0 Å². The van der Waals surface area contributed by atoms with E-state index in [9.17, 15) is 0 Å². The van der Waals surface area contributed by atoms with E-state index in [0.29, 0.717) is 11.7 Å². The number of aromatic amines is 2. The van der Waals surface area contributed by atoms with Crippen LogP contribution in [0.5, 0.6) is 0 Å². The summed E-state index contributed by atoms with van der Waals surface area (Å²) in [6.07, 6.45) is 7.77. The molecule has 3 N–H and O–H groups in total. The van der Waals surface area contributed by atoms with Crippen molar-refractivity contribution >= 4 is 22.1 Å². The molecule has 0 saturated carbocycles. The Hall–Kier alpha value is -3.65. The highest BCUT2D eigenvalue weighted by Gasteiger charge is 2.20. The molecule has 0 unspecified atom stereocenters. The first-order valence-corrected chi connectivity index (χ1v) is 10.2. The number of imidazole rings is 1. The first-order chi connectivity index (χ1) is 14.9. The lowest BCUT2D eigenvalue weighted by Crippen LogP contribution is -2.26. The van der Waals surface area contributed by atoms with Crippen molar-refractivity contribution < 1.29 is 0 Å². The normalized spacial score (nSPS) is 15.2. The number of hydrogen-bond donors (Lipinski definition) is 3. The molecule has 0 aliphatic carbocycles. The third kappa shape index (κ3) is 2.84.